The van der Waals surface area contributed by atoms with Crippen LogP contribution < -0.4 is 5.73 Å². The van der Waals surface area contributed by atoms with E-state index in [0.717, 1.165) is 5.92 Å². The molecule has 1 aliphatic rings. The lowest BCUT2D eigenvalue weighted by Gasteiger charge is -2.25. The number of hydrogen-bond donors (Lipinski definition) is 1. The van der Waals surface area contributed by atoms with Crippen molar-refractivity contribution in [3.05, 3.63) is 0 Å². The molecular formula is C7H15NS. The molecule has 0 aromatic heterocycles. The van der Waals surface area contributed by atoms with E-state index >= 15 is 0 Å². The molecule has 0 bridgehead atoms. The lowest BCUT2D eigenvalue weighted by molar-refractivity contribution is 0.354. The molecule has 1 saturated heterocycles. The predicted molar refractivity (Wildman–Crippen MR) is 43.7 cm³/mol. The van der Waals surface area contributed by atoms with Crippen molar-refractivity contribution in [3.63, 3.8) is 0 Å². The van der Waals surface area contributed by atoms with Gasteiger partial charge in [0.25, 0.3) is 0 Å². The van der Waals surface area contributed by atoms with Gasteiger partial charge in [0.15, 0.2) is 0 Å². The fraction of sp³-hybridized carbons (Fsp3) is 1.00. The van der Waals surface area contributed by atoms with Gasteiger partial charge in [-0.15, -0.1) is 0 Å². The van der Waals surface area contributed by atoms with Gasteiger partial charge in [-0.1, -0.05) is 0 Å². The Morgan fingerprint density at radius 1 is 1.56 bits per heavy atom. The zero-order valence-corrected chi connectivity index (χ0v) is 7.00. The van der Waals surface area contributed by atoms with Gasteiger partial charge in [0, 0.05) is 5.54 Å². The first-order valence-corrected chi connectivity index (χ1v) is 4.63. The Balaban J connectivity index is 2.42. The Morgan fingerprint density at radius 3 is 2.44 bits per heavy atom. The monoisotopic (exact) mass is 145 g/mol. The first-order valence-electron chi connectivity index (χ1n) is 3.47. The Hall–Kier alpha value is 0.310. The molecule has 0 aliphatic carbocycles. The molecule has 2 N–H and O–H groups in total. The summed E-state index contributed by atoms with van der Waals surface area (Å²) in [5.41, 5.74) is 5.99. The van der Waals surface area contributed by atoms with Crippen molar-refractivity contribution in [3.8, 4) is 0 Å². The van der Waals surface area contributed by atoms with E-state index in [4.69, 9.17) is 5.73 Å². The first-order chi connectivity index (χ1) is 4.11. The lowest BCUT2D eigenvalue weighted by Crippen LogP contribution is -2.40. The van der Waals surface area contributed by atoms with Crippen molar-refractivity contribution in [2.75, 3.05) is 11.5 Å². The van der Waals surface area contributed by atoms with Gasteiger partial charge in [-0.25, -0.2) is 0 Å². The third-order valence-corrected chi connectivity index (χ3v) is 3.14. The highest BCUT2D eigenvalue weighted by Crippen LogP contribution is 2.30. The van der Waals surface area contributed by atoms with Crippen LogP contribution in [0.15, 0.2) is 0 Å². The molecule has 1 nitrogen and oxygen atoms in total. The fourth-order valence-corrected chi connectivity index (χ4v) is 2.62. The largest absolute Gasteiger partial charge is 0.325 e. The van der Waals surface area contributed by atoms with Crippen LogP contribution in [0.3, 0.4) is 0 Å². The van der Waals surface area contributed by atoms with Gasteiger partial charge in [-0.2, -0.15) is 11.8 Å². The van der Waals surface area contributed by atoms with Crippen LogP contribution in [0, 0.1) is 5.92 Å². The van der Waals surface area contributed by atoms with Gasteiger partial charge in [0.05, 0.1) is 0 Å². The van der Waals surface area contributed by atoms with Crippen molar-refractivity contribution in [2.45, 2.75) is 25.8 Å². The van der Waals surface area contributed by atoms with Gasteiger partial charge < -0.3 is 5.73 Å². The van der Waals surface area contributed by atoms with Crippen molar-refractivity contribution >= 4 is 11.8 Å². The Kier molecular flexibility index (Phi) is 2.07. The molecule has 54 valence electrons. The van der Waals surface area contributed by atoms with Gasteiger partial charge in [-0.3, -0.25) is 0 Å². The average Bonchev–Trinajstić information content (AvgIpc) is 2.08. The molecule has 0 aromatic carbocycles. The summed E-state index contributed by atoms with van der Waals surface area (Å²) in [4.78, 5) is 0. The molecule has 0 spiro atoms. The van der Waals surface area contributed by atoms with Gasteiger partial charge in [-0.05, 0) is 37.7 Å². The molecule has 0 amide bonds. The van der Waals surface area contributed by atoms with Crippen molar-refractivity contribution < 1.29 is 0 Å². The summed E-state index contributed by atoms with van der Waals surface area (Å²) in [7, 11) is 0. The normalized spacial score (nSPS) is 29.0. The van der Waals surface area contributed by atoms with E-state index in [1.807, 2.05) is 11.8 Å². The second kappa shape index (κ2) is 2.51. The minimum absolute atomic E-state index is 0.0590. The number of rotatable bonds is 1. The van der Waals surface area contributed by atoms with Crippen molar-refractivity contribution in [1.82, 2.24) is 0 Å². The highest BCUT2D eigenvalue weighted by atomic mass is 32.2. The quantitative estimate of drug-likeness (QED) is 0.605. The lowest BCUT2D eigenvalue weighted by atomic mass is 9.88. The summed E-state index contributed by atoms with van der Waals surface area (Å²) >= 11 is 2.03. The topological polar surface area (TPSA) is 26.0 Å². The SMILES string of the molecule is CC(C)(N)C1CCSC1. The minimum atomic E-state index is 0.0590. The summed E-state index contributed by atoms with van der Waals surface area (Å²) in [6.45, 7) is 4.26. The van der Waals surface area contributed by atoms with Crippen LogP contribution in [0.25, 0.3) is 0 Å². The molecule has 1 atom stereocenters. The third-order valence-electron chi connectivity index (χ3n) is 1.98. The smallest absolute Gasteiger partial charge is 0.0134 e. The maximum absolute atomic E-state index is 5.93. The van der Waals surface area contributed by atoms with Gasteiger partial charge in [0.2, 0.25) is 0 Å². The fourth-order valence-electron chi connectivity index (χ4n) is 1.12. The molecule has 1 aliphatic heterocycles. The van der Waals surface area contributed by atoms with Crippen LogP contribution in [0.1, 0.15) is 20.3 Å². The predicted octanol–water partition coefficient (Wildman–Crippen LogP) is 1.48. The van der Waals surface area contributed by atoms with Crippen LogP contribution in [0.2, 0.25) is 0 Å². The van der Waals surface area contributed by atoms with Crippen LogP contribution >= 0.6 is 11.8 Å². The molecule has 2 heteroatoms. The van der Waals surface area contributed by atoms with E-state index in [1.165, 1.54) is 17.9 Å². The summed E-state index contributed by atoms with van der Waals surface area (Å²) < 4.78 is 0. The van der Waals surface area contributed by atoms with Crippen LogP contribution in [0.5, 0.6) is 0 Å². The minimum Gasteiger partial charge on any atom is -0.325 e. The third kappa shape index (κ3) is 1.87. The van der Waals surface area contributed by atoms with E-state index in [1.54, 1.807) is 0 Å². The second-order valence-corrected chi connectivity index (χ2v) is 4.53. The van der Waals surface area contributed by atoms with Gasteiger partial charge in [0.1, 0.15) is 0 Å². The molecule has 0 saturated carbocycles. The highest BCUT2D eigenvalue weighted by Gasteiger charge is 2.27. The van der Waals surface area contributed by atoms with Crippen molar-refractivity contribution in [1.29, 1.82) is 0 Å². The van der Waals surface area contributed by atoms with E-state index in [9.17, 15) is 0 Å². The molecule has 1 fully saturated rings. The van der Waals surface area contributed by atoms with E-state index < -0.39 is 0 Å². The van der Waals surface area contributed by atoms with Crippen LogP contribution in [0.4, 0.5) is 0 Å². The number of thioether (sulfide) groups is 1. The van der Waals surface area contributed by atoms with Crippen LogP contribution in [-0.4, -0.2) is 17.0 Å². The zero-order valence-electron chi connectivity index (χ0n) is 6.18. The molecule has 0 aromatic rings. The van der Waals surface area contributed by atoms with Crippen LogP contribution in [-0.2, 0) is 0 Å². The molecule has 0 radical (unpaired) electrons. The standard InChI is InChI=1S/C7H15NS/c1-7(2,8)6-3-4-9-5-6/h6H,3-5,8H2,1-2H3. The highest BCUT2D eigenvalue weighted by molar-refractivity contribution is 7.99. The molecule has 9 heavy (non-hydrogen) atoms. The molecule has 1 heterocycles. The number of hydrogen-bond acceptors (Lipinski definition) is 2. The zero-order chi connectivity index (χ0) is 6.91. The Bertz CT molecular complexity index is 89.6. The summed E-state index contributed by atoms with van der Waals surface area (Å²) in [6, 6.07) is 0. The Labute approximate surface area is 61.4 Å². The maximum atomic E-state index is 5.93. The summed E-state index contributed by atoms with van der Waals surface area (Å²) in [5, 5.41) is 0. The molecule has 1 unspecified atom stereocenters. The van der Waals surface area contributed by atoms with E-state index in [-0.39, 0.29) is 5.54 Å². The first kappa shape index (κ1) is 7.42. The Morgan fingerprint density at radius 2 is 2.22 bits per heavy atom. The summed E-state index contributed by atoms with van der Waals surface area (Å²) in [6.07, 6.45) is 1.31. The van der Waals surface area contributed by atoms with Crippen molar-refractivity contribution in [2.24, 2.45) is 11.7 Å². The number of nitrogens with two attached hydrogens (primary N) is 1. The molecule has 1 rings (SSSR count). The average molecular weight is 145 g/mol. The second-order valence-electron chi connectivity index (χ2n) is 3.38. The summed E-state index contributed by atoms with van der Waals surface area (Å²) in [5.74, 6) is 3.33. The van der Waals surface area contributed by atoms with E-state index in [2.05, 4.69) is 13.8 Å². The van der Waals surface area contributed by atoms with Gasteiger partial charge >= 0.3 is 0 Å². The van der Waals surface area contributed by atoms with E-state index in [0.29, 0.717) is 0 Å². The maximum Gasteiger partial charge on any atom is 0.0134 e. The molecular weight excluding hydrogens is 130 g/mol.